The number of allylic oxidation sites excluding steroid dienone is 7. The molecule has 0 saturated heterocycles. The number of phosphoric ester groups is 1. The first-order chi connectivity index (χ1) is 35.5. The van der Waals surface area contributed by atoms with Crippen molar-refractivity contribution in [2.45, 2.75) is 315 Å². The van der Waals surface area contributed by atoms with Crippen molar-refractivity contribution in [2.75, 3.05) is 40.9 Å². The van der Waals surface area contributed by atoms with Crippen molar-refractivity contribution in [3.05, 3.63) is 48.6 Å². The molecule has 3 unspecified atom stereocenters. The van der Waals surface area contributed by atoms with E-state index >= 15 is 0 Å². The molecule has 0 aliphatic rings. The zero-order valence-electron chi connectivity index (χ0n) is 49.1. The van der Waals surface area contributed by atoms with Crippen LogP contribution < -0.4 is 10.2 Å². The molecule has 0 spiro atoms. The number of unbranched alkanes of at least 4 members (excludes halogenated alkanes) is 39. The topological polar surface area (TPSA) is 108 Å². The summed E-state index contributed by atoms with van der Waals surface area (Å²) >= 11 is 0. The summed E-state index contributed by atoms with van der Waals surface area (Å²) in [6.45, 7) is 4.66. The molecule has 0 bridgehead atoms. The van der Waals surface area contributed by atoms with Crippen molar-refractivity contribution in [2.24, 2.45) is 0 Å². The van der Waals surface area contributed by atoms with Crippen molar-refractivity contribution in [1.82, 2.24) is 5.32 Å². The van der Waals surface area contributed by atoms with Gasteiger partial charge in [-0.1, -0.05) is 281 Å². The molecule has 0 aromatic carbocycles. The molecule has 0 heterocycles. The molecule has 430 valence electrons. The van der Waals surface area contributed by atoms with Crippen LogP contribution in [-0.2, 0) is 18.4 Å². The van der Waals surface area contributed by atoms with E-state index in [1.807, 2.05) is 27.2 Å². The van der Waals surface area contributed by atoms with Crippen LogP contribution in [0.5, 0.6) is 0 Å². The van der Waals surface area contributed by atoms with Gasteiger partial charge in [-0.2, -0.15) is 0 Å². The van der Waals surface area contributed by atoms with Gasteiger partial charge in [-0.15, -0.1) is 0 Å². The Bertz CT molecular complexity index is 1330. The third-order valence-electron chi connectivity index (χ3n) is 14.3. The molecule has 2 N–H and O–H groups in total. The highest BCUT2D eigenvalue weighted by molar-refractivity contribution is 7.45. The number of hydrogen-bond acceptors (Lipinski definition) is 6. The number of carbonyl (C=O) groups is 1. The van der Waals surface area contributed by atoms with Gasteiger partial charge >= 0.3 is 0 Å². The van der Waals surface area contributed by atoms with Gasteiger partial charge in [0.1, 0.15) is 13.2 Å². The zero-order chi connectivity index (χ0) is 53.5. The van der Waals surface area contributed by atoms with Gasteiger partial charge < -0.3 is 28.8 Å². The van der Waals surface area contributed by atoms with Crippen LogP contribution in [0.1, 0.15) is 303 Å². The van der Waals surface area contributed by atoms with Gasteiger partial charge in [0.2, 0.25) is 5.91 Å². The maximum absolute atomic E-state index is 13.0. The third kappa shape index (κ3) is 58.0. The van der Waals surface area contributed by atoms with E-state index in [1.54, 1.807) is 6.08 Å². The second kappa shape index (κ2) is 55.2. The van der Waals surface area contributed by atoms with Crippen molar-refractivity contribution in [1.29, 1.82) is 0 Å². The smallest absolute Gasteiger partial charge is 0.268 e. The highest BCUT2D eigenvalue weighted by Gasteiger charge is 2.23. The van der Waals surface area contributed by atoms with Gasteiger partial charge in [0, 0.05) is 6.42 Å². The molecule has 0 aliphatic carbocycles. The Morgan fingerprint density at radius 2 is 0.808 bits per heavy atom. The Balaban J connectivity index is 4.08. The minimum atomic E-state index is -4.61. The first kappa shape index (κ1) is 71.5. The van der Waals surface area contributed by atoms with E-state index in [1.165, 1.54) is 238 Å². The number of aliphatic hydroxyl groups excluding tert-OH is 1. The fourth-order valence-electron chi connectivity index (χ4n) is 9.32. The maximum atomic E-state index is 13.0. The van der Waals surface area contributed by atoms with E-state index in [2.05, 4.69) is 55.6 Å². The highest BCUT2D eigenvalue weighted by atomic mass is 31.2. The molecular weight excluding hydrogens is 924 g/mol. The van der Waals surface area contributed by atoms with E-state index in [0.717, 1.165) is 44.9 Å². The zero-order valence-corrected chi connectivity index (χ0v) is 50.0. The average Bonchev–Trinajstić information content (AvgIpc) is 3.35. The molecule has 0 aromatic heterocycles. The number of nitrogens with zero attached hydrogens (tertiary/aromatic N) is 1. The van der Waals surface area contributed by atoms with Crippen LogP contribution in [0.25, 0.3) is 0 Å². The standard InChI is InChI=1S/C64H123N2O6P/c1-6-8-10-12-14-16-18-20-22-24-26-27-28-29-30-31-32-33-34-35-36-37-38-39-40-42-44-46-48-50-52-54-56-58-64(68)65-62(61-72-73(69,70)71-60-59-66(3,4)5)63(67)57-55-53-51-49-47-45-43-41-25-23-21-19-17-15-13-11-9-7-2/h26-27,29-30,47,49,55,57,62-63,67H,6-25,28,31-46,48,50-54,56,58-61H2,1-5H3,(H-,65,68,69,70)/b27-26-,30-29-,49-47+,57-55+. The van der Waals surface area contributed by atoms with Gasteiger partial charge in [0.15, 0.2) is 0 Å². The first-order valence-electron chi connectivity index (χ1n) is 31.5. The molecule has 3 atom stereocenters. The van der Waals surface area contributed by atoms with Gasteiger partial charge in [-0.3, -0.25) is 9.36 Å². The summed E-state index contributed by atoms with van der Waals surface area (Å²) in [6.07, 6.45) is 73.6. The lowest BCUT2D eigenvalue weighted by Gasteiger charge is -2.29. The molecule has 0 saturated carbocycles. The van der Waals surface area contributed by atoms with Crippen LogP contribution in [0.15, 0.2) is 48.6 Å². The molecule has 0 radical (unpaired) electrons. The van der Waals surface area contributed by atoms with E-state index in [0.29, 0.717) is 17.4 Å². The average molecular weight is 1050 g/mol. The van der Waals surface area contributed by atoms with Crippen LogP contribution in [-0.4, -0.2) is 68.5 Å². The summed E-state index contributed by atoms with van der Waals surface area (Å²) in [4.78, 5) is 25.5. The highest BCUT2D eigenvalue weighted by Crippen LogP contribution is 2.38. The maximum Gasteiger partial charge on any atom is 0.268 e. The van der Waals surface area contributed by atoms with E-state index in [9.17, 15) is 19.4 Å². The first-order valence-corrected chi connectivity index (χ1v) is 33.0. The fraction of sp³-hybridized carbons (Fsp3) is 0.859. The van der Waals surface area contributed by atoms with Crippen LogP contribution >= 0.6 is 7.82 Å². The largest absolute Gasteiger partial charge is 0.756 e. The lowest BCUT2D eigenvalue weighted by molar-refractivity contribution is -0.870. The normalized spacial score (nSPS) is 14.1. The number of quaternary nitrogens is 1. The summed E-state index contributed by atoms with van der Waals surface area (Å²) in [5.41, 5.74) is 0. The SMILES string of the molecule is CCCCCCCCCCC/C=C\C/C=C\CCCCCCCCCCCCCCCCCCCC(=O)NC(COP(=O)([O-])OCC[N+](C)(C)C)C(O)/C=C/CC/C=C/CCCCCCCCCCCCCC. The summed E-state index contributed by atoms with van der Waals surface area (Å²) < 4.78 is 23.4. The molecule has 0 aromatic rings. The molecular formula is C64H123N2O6P. The van der Waals surface area contributed by atoms with Crippen LogP contribution in [0.2, 0.25) is 0 Å². The number of carbonyl (C=O) groups excluding carboxylic acids is 1. The Labute approximate surface area is 454 Å². The number of aliphatic hydroxyl groups is 1. The van der Waals surface area contributed by atoms with Crippen molar-refractivity contribution in [3.8, 4) is 0 Å². The Morgan fingerprint density at radius 1 is 0.479 bits per heavy atom. The van der Waals surface area contributed by atoms with Crippen LogP contribution in [0.3, 0.4) is 0 Å². The number of phosphoric acid groups is 1. The third-order valence-corrected chi connectivity index (χ3v) is 15.2. The van der Waals surface area contributed by atoms with E-state index in [-0.39, 0.29) is 12.5 Å². The van der Waals surface area contributed by atoms with Crippen molar-refractivity contribution >= 4 is 13.7 Å². The number of nitrogens with one attached hydrogen (secondary N) is 1. The minimum absolute atomic E-state index is 0.00590. The monoisotopic (exact) mass is 1050 g/mol. The Morgan fingerprint density at radius 3 is 1.19 bits per heavy atom. The summed E-state index contributed by atoms with van der Waals surface area (Å²) in [5, 5.41) is 13.9. The molecule has 73 heavy (non-hydrogen) atoms. The van der Waals surface area contributed by atoms with Gasteiger partial charge in [0.05, 0.1) is 39.9 Å². The summed E-state index contributed by atoms with van der Waals surface area (Å²) in [7, 11) is 1.25. The summed E-state index contributed by atoms with van der Waals surface area (Å²) in [5.74, 6) is -0.204. The Kier molecular flexibility index (Phi) is 54.1. The molecule has 1 amide bonds. The Hall–Kier alpha value is -1.54. The molecule has 8 nitrogen and oxygen atoms in total. The lowest BCUT2D eigenvalue weighted by atomic mass is 10.0. The second-order valence-corrected chi connectivity index (χ2v) is 24.2. The van der Waals surface area contributed by atoms with E-state index < -0.39 is 26.6 Å². The number of rotatable bonds is 58. The lowest BCUT2D eigenvalue weighted by Crippen LogP contribution is -2.45. The van der Waals surface area contributed by atoms with Gasteiger partial charge in [-0.05, 0) is 64.2 Å². The van der Waals surface area contributed by atoms with Gasteiger partial charge in [0.25, 0.3) is 7.82 Å². The summed E-state index contributed by atoms with van der Waals surface area (Å²) in [6, 6.07) is -0.904. The predicted octanol–water partition coefficient (Wildman–Crippen LogP) is 18.9. The molecule has 0 fully saturated rings. The van der Waals surface area contributed by atoms with Crippen LogP contribution in [0.4, 0.5) is 0 Å². The number of hydrogen-bond donors (Lipinski definition) is 2. The quantitative estimate of drug-likeness (QED) is 0.0272. The molecule has 9 heteroatoms. The number of likely N-dealkylation sites (N-methyl/N-ethyl adjacent to an activating group) is 1. The second-order valence-electron chi connectivity index (χ2n) is 22.8. The molecule has 0 rings (SSSR count). The minimum Gasteiger partial charge on any atom is -0.756 e. The number of amides is 1. The van der Waals surface area contributed by atoms with Crippen molar-refractivity contribution < 1.29 is 32.9 Å². The van der Waals surface area contributed by atoms with Crippen molar-refractivity contribution in [3.63, 3.8) is 0 Å². The fourth-order valence-corrected chi connectivity index (χ4v) is 10.0. The van der Waals surface area contributed by atoms with Crippen LogP contribution in [0, 0.1) is 0 Å². The predicted molar refractivity (Wildman–Crippen MR) is 316 cm³/mol. The van der Waals surface area contributed by atoms with Gasteiger partial charge in [-0.25, -0.2) is 0 Å². The molecule has 0 aliphatic heterocycles. The van der Waals surface area contributed by atoms with E-state index in [4.69, 9.17) is 9.05 Å².